The van der Waals surface area contributed by atoms with Crippen LogP contribution in [0, 0.1) is 6.92 Å². The highest BCUT2D eigenvalue weighted by molar-refractivity contribution is 6.53. The Morgan fingerprint density at radius 3 is 2.80 bits per heavy atom. The third-order valence-corrected chi connectivity index (χ3v) is 1.46. The molecule has 1 aromatic heterocycles. The van der Waals surface area contributed by atoms with Gasteiger partial charge in [0.25, 0.3) is 0 Å². The molecule has 1 heterocycles. The van der Waals surface area contributed by atoms with Gasteiger partial charge in [0.15, 0.2) is 7.28 Å². The zero-order valence-electron chi connectivity index (χ0n) is 6.26. The Balaban J connectivity index is 3.09. The molecule has 0 aromatic carbocycles. The molecule has 1 rings (SSSR count). The van der Waals surface area contributed by atoms with Gasteiger partial charge in [-0.1, -0.05) is 12.9 Å². The van der Waals surface area contributed by atoms with E-state index in [-0.39, 0.29) is 5.88 Å². The number of aromatic hydroxyl groups is 1. The first kappa shape index (κ1) is 7.13. The van der Waals surface area contributed by atoms with Crippen LogP contribution in [-0.2, 0) is 0 Å². The first-order chi connectivity index (χ1) is 4.74. The van der Waals surface area contributed by atoms with Gasteiger partial charge in [-0.2, -0.15) is 0 Å². The number of nitrogens with zero attached hydrogens (tertiary/aromatic N) is 1. The Bertz CT molecular complexity index is 237. The predicted molar refractivity (Wildman–Crippen MR) is 43.3 cm³/mol. The maximum Gasteiger partial charge on any atom is 0.204 e. The van der Waals surface area contributed by atoms with Crippen LogP contribution in [0.5, 0.6) is 5.88 Å². The molecule has 0 spiro atoms. The van der Waals surface area contributed by atoms with E-state index in [0.29, 0.717) is 0 Å². The first-order valence-electron chi connectivity index (χ1n) is 3.38. The third-order valence-electron chi connectivity index (χ3n) is 1.46. The molecule has 3 heteroatoms. The highest BCUT2D eigenvalue weighted by Crippen LogP contribution is 1.99. The Kier molecular flexibility index (Phi) is 1.95. The van der Waals surface area contributed by atoms with E-state index in [9.17, 15) is 0 Å². The van der Waals surface area contributed by atoms with Crippen molar-refractivity contribution in [1.82, 2.24) is 4.98 Å². The number of aryl methyl sites for hydroxylation is 1. The second-order valence-electron chi connectivity index (χ2n) is 2.35. The molecule has 0 saturated carbocycles. The zero-order valence-corrected chi connectivity index (χ0v) is 6.26. The minimum absolute atomic E-state index is 0.160. The van der Waals surface area contributed by atoms with E-state index in [0.717, 1.165) is 18.3 Å². The van der Waals surface area contributed by atoms with E-state index in [1.807, 2.05) is 19.8 Å². The van der Waals surface area contributed by atoms with Gasteiger partial charge in [0.2, 0.25) is 5.88 Å². The summed E-state index contributed by atoms with van der Waals surface area (Å²) in [6.45, 7) is 3.96. The van der Waals surface area contributed by atoms with Crippen molar-refractivity contribution in [3.8, 4) is 5.88 Å². The third kappa shape index (κ3) is 1.29. The van der Waals surface area contributed by atoms with Gasteiger partial charge in [-0.25, -0.2) is 4.98 Å². The number of pyridine rings is 1. The van der Waals surface area contributed by atoms with Crippen LogP contribution >= 0.6 is 0 Å². The lowest BCUT2D eigenvalue weighted by Crippen LogP contribution is -2.12. The summed E-state index contributed by atoms with van der Waals surface area (Å²) in [6.07, 6.45) is 1.66. The van der Waals surface area contributed by atoms with Gasteiger partial charge in [-0.3, -0.25) is 0 Å². The topological polar surface area (TPSA) is 33.1 Å². The van der Waals surface area contributed by atoms with Crippen molar-refractivity contribution in [2.45, 2.75) is 13.7 Å². The van der Waals surface area contributed by atoms with Crippen molar-refractivity contribution in [2.24, 2.45) is 0 Å². The van der Waals surface area contributed by atoms with E-state index in [2.05, 4.69) is 4.98 Å². The number of hydrogen-bond acceptors (Lipinski definition) is 2. The van der Waals surface area contributed by atoms with Gasteiger partial charge in [0.1, 0.15) is 0 Å². The molecule has 0 radical (unpaired) electrons. The summed E-state index contributed by atoms with van der Waals surface area (Å²) in [5.41, 5.74) is 2.01. The fourth-order valence-electron chi connectivity index (χ4n) is 0.883. The Labute approximate surface area is 61.2 Å². The van der Waals surface area contributed by atoms with Crippen LogP contribution in [0.3, 0.4) is 0 Å². The average molecular weight is 135 g/mol. The summed E-state index contributed by atoms with van der Waals surface area (Å²) in [5.74, 6) is 0.160. The molecule has 0 aliphatic carbocycles. The maximum atomic E-state index is 9.12. The van der Waals surface area contributed by atoms with Crippen molar-refractivity contribution >= 4 is 12.7 Å². The fourth-order valence-corrected chi connectivity index (χ4v) is 0.883. The minimum atomic E-state index is 0.160. The lowest BCUT2D eigenvalue weighted by molar-refractivity contribution is 0.458. The van der Waals surface area contributed by atoms with Gasteiger partial charge in [-0.15, -0.1) is 0 Å². The van der Waals surface area contributed by atoms with Crippen LogP contribution in [0.1, 0.15) is 5.56 Å². The summed E-state index contributed by atoms with van der Waals surface area (Å²) in [4.78, 5) is 3.81. The van der Waals surface area contributed by atoms with Gasteiger partial charge in [0, 0.05) is 6.20 Å². The van der Waals surface area contributed by atoms with Crippen molar-refractivity contribution in [3.63, 3.8) is 0 Å². The van der Waals surface area contributed by atoms with E-state index in [4.69, 9.17) is 5.11 Å². The Morgan fingerprint density at radius 2 is 2.30 bits per heavy atom. The van der Waals surface area contributed by atoms with Crippen LogP contribution < -0.4 is 5.46 Å². The molecule has 10 heavy (non-hydrogen) atoms. The second-order valence-corrected chi connectivity index (χ2v) is 2.35. The standard InChI is InChI=1S/C7H10BNO/c1-5-3-6(8-2)7(10)9-4-5/h3-4,8H,1-2H3,(H,9,10). The lowest BCUT2D eigenvalue weighted by Gasteiger charge is -1.99. The smallest absolute Gasteiger partial charge is 0.204 e. The van der Waals surface area contributed by atoms with Crippen molar-refractivity contribution in [2.75, 3.05) is 0 Å². The van der Waals surface area contributed by atoms with Gasteiger partial charge in [0.05, 0.1) is 0 Å². The molecular weight excluding hydrogens is 125 g/mol. The number of hydrogen-bond donors (Lipinski definition) is 1. The fraction of sp³-hybridized carbons (Fsp3) is 0.286. The van der Waals surface area contributed by atoms with E-state index in [1.54, 1.807) is 6.20 Å². The molecule has 2 nitrogen and oxygen atoms in total. The molecular formula is C7H10BNO. The molecule has 0 aliphatic rings. The monoisotopic (exact) mass is 135 g/mol. The van der Waals surface area contributed by atoms with Crippen molar-refractivity contribution in [3.05, 3.63) is 17.8 Å². The van der Waals surface area contributed by atoms with Crippen LogP contribution in [0.4, 0.5) is 0 Å². The van der Waals surface area contributed by atoms with Crippen LogP contribution in [-0.4, -0.2) is 17.4 Å². The second kappa shape index (κ2) is 2.73. The SMILES string of the molecule is CBc1cc(C)cnc1O. The number of aromatic nitrogens is 1. The van der Waals surface area contributed by atoms with Crippen LogP contribution in [0.25, 0.3) is 0 Å². The largest absolute Gasteiger partial charge is 0.494 e. The van der Waals surface area contributed by atoms with Crippen LogP contribution in [0.15, 0.2) is 12.3 Å². The molecule has 0 aliphatic heterocycles. The average Bonchev–Trinajstić information content (AvgIpc) is 1.94. The minimum Gasteiger partial charge on any atom is -0.494 e. The summed E-state index contributed by atoms with van der Waals surface area (Å²) in [5, 5.41) is 9.12. The highest BCUT2D eigenvalue weighted by Gasteiger charge is 1.98. The normalized spacial score (nSPS) is 9.40. The maximum absolute atomic E-state index is 9.12. The molecule has 0 fully saturated rings. The zero-order chi connectivity index (χ0) is 7.56. The van der Waals surface area contributed by atoms with Gasteiger partial charge >= 0.3 is 0 Å². The molecule has 1 N–H and O–H groups in total. The summed E-state index contributed by atoms with van der Waals surface area (Å²) >= 11 is 0. The Hall–Kier alpha value is -0.985. The molecule has 0 atom stereocenters. The van der Waals surface area contributed by atoms with Crippen molar-refractivity contribution in [1.29, 1.82) is 0 Å². The first-order valence-corrected chi connectivity index (χ1v) is 3.38. The molecule has 52 valence electrons. The quantitative estimate of drug-likeness (QED) is 0.558. The predicted octanol–water partition coefficient (Wildman–Crippen LogP) is 0.206. The molecule has 0 unspecified atom stereocenters. The number of rotatable bonds is 1. The van der Waals surface area contributed by atoms with Crippen molar-refractivity contribution < 1.29 is 5.11 Å². The summed E-state index contributed by atoms with van der Waals surface area (Å²) in [7, 11) is 0.834. The molecule has 0 amide bonds. The van der Waals surface area contributed by atoms with E-state index < -0.39 is 0 Å². The van der Waals surface area contributed by atoms with Gasteiger partial charge in [-0.05, 0) is 17.9 Å². The van der Waals surface area contributed by atoms with Gasteiger partial charge < -0.3 is 5.11 Å². The lowest BCUT2D eigenvalue weighted by atomic mass is 9.73. The highest BCUT2D eigenvalue weighted by atomic mass is 16.3. The Morgan fingerprint density at radius 1 is 1.60 bits per heavy atom. The van der Waals surface area contributed by atoms with E-state index >= 15 is 0 Å². The van der Waals surface area contributed by atoms with E-state index in [1.165, 1.54) is 0 Å². The summed E-state index contributed by atoms with van der Waals surface area (Å²) < 4.78 is 0. The summed E-state index contributed by atoms with van der Waals surface area (Å²) in [6, 6.07) is 1.95. The van der Waals surface area contributed by atoms with Crippen LogP contribution in [0.2, 0.25) is 6.82 Å². The molecule has 1 aromatic rings. The molecule has 0 bridgehead atoms. The molecule has 0 saturated heterocycles.